The van der Waals surface area contributed by atoms with Gasteiger partial charge in [0.05, 0.1) is 0 Å². The van der Waals surface area contributed by atoms with Crippen molar-refractivity contribution in [2.45, 2.75) is 18.7 Å². The summed E-state index contributed by atoms with van der Waals surface area (Å²) in [5, 5.41) is 2.71. The third-order valence-electron chi connectivity index (χ3n) is 1.98. The molecule has 2 nitrogen and oxygen atoms in total. The van der Waals surface area contributed by atoms with Gasteiger partial charge in [-0.1, -0.05) is 11.6 Å². The van der Waals surface area contributed by atoms with Crippen LogP contribution >= 0.6 is 12.6 Å². The molecule has 0 aliphatic heterocycles. The van der Waals surface area contributed by atoms with Crippen LogP contribution in [-0.4, -0.2) is 12.5 Å². The van der Waals surface area contributed by atoms with Gasteiger partial charge < -0.3 is 5.32 Å². The smallest absolute Gasteiger partial charge is 0.251 e. The molecule has 0 spiro atoms. The molecule has 0 heterocycles. The van der Waals surface area contributed by atoms with Crippen LogP contribution in [-0.2, 0) is 0 Å². The predicted molar refractivity (Wildman–Crippen MR) is 65.4 cm³/mol. The Hall–Kier alpha value is -1.29. The molecule has 0 fully saturated rings. The van der Waals surface area contributed by atoms with Crippen LogP contribution < -0.4 is 5.32 Å². The quantitative estimate of drug-likeness (QED) is 0.616. The Balaban J connectivity index is 2.66. The Morgan fingerprint density at radius 2 is 2.19 bits per heavy atom. The summed E-state index contributed by atoms with van der Waals surface area (Å²) in [6.07, 6.45) is 1.91. The second kappa shape index (κ2) is 5.70. The zero-order chi connectivity index (χ0) is 12.1. The molecule has 0 unspecified atom stereocenters. The summed E-state index contributed by atoms with van der Waals surface area (Å²) in [6, 6.07) is 4.08. The van der Waals surface area contributed by atoms with Crippen LogP contribution in [0.5, 0.6) is 0 Å². The highest BCUT2D eigenvalue weighted by molar-refractivity contribution is 7.80. The molecule has 0 saturated carbocycles. The van der Waals surface area contributed by atoms with Crippen molar-refractivity contribution in [3.63, 3.8) is 0 Å². The van der Waals surface area contributed by atoms with Crippen LogP contribution in [0.15, 0.2) is 34.7 Å². The first kappa shape index (κ1) is 12.8. The van der Waals surface area contributed by atoms with Gasteiger partial charge in [0.1, 0.15) is 5.82 Å². The zero-order valence-electron chi connectivity index (χ0n) is 9.25. The van der Waals surface area contributed by atoms with Gasteiger partial charge in [-0.3, -0.25) is 4.79 Å². The summed E-state index contributed by atoms with van der Waals surface area (Å²) in [5.74, 6) is -0.656. The number of benzene rings is 1. The summed E-state index contributed by atoms with van der Waals surface area (Å²) in [7, 11) is 0. The molecule has 0 aromatic heterocycles. The highest BCUT2D eigenvalue weighted by Crippen LogP contribution is 2.13. The van der Waals surface area contributed by atoms with E-state index in [1.807, 2.05) is 19.9 Å². The molecule has 0 aliphatic rings. The van der Waals surface area contributed by atoms with Crippen LogP contribution in [0.2, 0.25) is 0 Å². The standard InChI is InChI=1S/C12H14FNOS/c1-8(2)5-6-14-12(15)9-3-4-10(13)11(16)7-9/h3-5,7,16H,6H2,1-2H3,(H,14,15). The lowest BCUT2D eigenvalue weighted by molar-refractivity contribution is 0.0957. The Labute approximate surface area is 100.0 Å². The molecule has 16 heavy (non-hydrogen) atoms. The van der Waals surface area contributed by atoms with Gasteiger partial charge in [0.15, 0.2) is 0 Å². The Kier molecular flexibility index (Phi) is 4.55. The minimum Gasteiger partial charge on any atom is -0.349 e. The van der Waals surface area contributed by atoms with E-state index in [1.54, 1.807) is 0 Å². The topological polar surface area (TPSA) is 29.1 Å². The zero-order valence-corrected chi connectivity index (χ0v) is 10.1. The molecule has 0 atom stereocenters. The third-order valence-corrected chi connectivity index (χ3v) is 2.32. The molecule has 0 bridgehead atoms. The third kappa shape index (κ3) is 3.70. The SMILES string of the molecule is CC(C)=CCNC(=O)c1ccc(F)c(S)c1. The van der Waals surface area contributed by atoms with Crippen molar-refractivity contribution in [3.8, 4) is 0 Å². The van der Waals surface area contributed by atoms with E-state index in [0.29, 0.717) is 12.1 Å². The fourth-order valence-electron chi connectivity index (χ4n) is 1.10. The number of hydrogen-bond acceptors (Lipinski definition) is 2. The van der Waals surface area contributed by atoms with Crippen molar-refractivity contribution in [1.82, 2.24) is 5.32 Å². The number of thiol groups is 1. The van der Waals surface area contributed by atoms with Gasteiger partial charge in [0.25, 0.3) is 5.91 Å². The van der Waals surface area contributed by atoms with Crippen LogP contribution in [0.1, 0.15) is 24.2 Å². The Morgan fingerprint density at radius 3 is 2.75 bits per heavy atom. The van der Waals surface area contributed by atoms with Gasteiger partial charge in [-0.25, -0.2) is 4.39 Å². The highest BCUT2D eigenvalue weighted by Gasteiger charge is 2.06. The fraction of sp³-hybridized carbons (Fsp3) is 0.250. The minimum absolute atomic E-state index is 0.176. The van der Waals surface area contributed by atoms with Crippen molar-refractivity contribution in [3.05, 3.63) is 41.2 Å². The van der Waals surface area contributed by atoms with E-state index in [1.165, 1.54) is 18.2 Å². The number of hydrogen-bond donors (Lipinski definition) is 2. The highest BCUT2D eigenvalue weighted by atomic mass is 32.1. The normalized spacial score (nSPS) is 9.75. The van der Waals surface area contributed by atoms with Crippen molar-refractivity contribution in [1.29, 1.82) is 0 Å². The van der Waals surface area contributed by atoms with Crippen LogP contribution in [0.25, 0.3) is 0 Å². The maximum absolute atomic E-state index is 12.9. The number of amides is 1. The molecule has 4 heteroatoms. The molecule has 1 rings (SSSR count). The number of carbonyl (C=O) groups is 1. The first-order chi connectivity index (χ1) is 7.50. The molecule has 0 radical (unpaired) electrons. The van der Waals surface area contributed by atoms with E-state index < -0.39 is 5.82 Å². The monoisotopic (exact) mass is 239 g/mol. The average Bonchev–Trinajstić information content (AvgIpc) is 2.21. The first-order valence-corrected chi connectivity index (χ1v) is 5.35. The van der Waals surface area contributed by atoms with E-state index in [2.05, 4.69) is 17.9 Å². The van der Waals surface area contributed by atoms with E-state index in [0.717, 1.165) is 5.57 Å². The molecule has 1 aromatic carbocycles. The maximum Gasteiger partial charge on any atom is 0.251 e. The van der Waals surface area contributed by atoms with E-state index >= 15 is 0 Å². The van der Waals surface area contributed by atoms with Gasteiger partial charge in [-0.05, 0) is 32.0 Å². The van der Waals surface area contributed by atoms with Gasteiger partial charge in [-0.15, -0.1) is 12.6 Å². The van der Waals surface area contributed by atoms with Crippen molar-refractivity contribution in [2.24, 2.45) is 0 Å². The lowest BCUT2D eigenvalue weighted by Crippen LogP contribution is -2.23. The van der Waals surface area contributed by atoms with Gasteiger partial charge in [0.2, 0.25) is 0 Å². The number of allylic oxidation sites excluding steroid dienone is 1. The van der Waals surface area contributed by atoms with Gasteiger partial charge in [-0.2, -0.15) is 0 Å². The van der Waals surface area contributed by atoms with E-state index in [9.17, 15) is 9.18 Å². The van der Waals surface area contributed by atoms with E-state index in [-0.39, 0.29) is 10.8 Å². The fourth-order valence-corrected chi connectivity index (χ4v) is 1.32. The second-order valence-corrected chi connectivity index (χ2v) is 4.14. The van der Waals surface area contributed by atoms with Crippen LogP contribution in [0.4, 0.5) is 4.39 Å². The minimum atomic E-state index is -0.427. The summed E-state index contributed by atoms with van der Waals surface area (Å²) in [4.78, 5) is 11.8. The summed E-state index contributed by atoms with van der Waals surface area (Å²) < 4.78 is 12.9. The molecule has 0 aliphatic carbocycles. The van der Waals surface area contributed by atoms with Crippen molar-refractivity contribution >= 4 is 18.5 Å². The number of carbonyl (C=O) groups excluding carboxylic acids is 1. The van der Waals surface area contributed by atoms with Crippen molar-refractivity contribution < 1.29 is 9.18 Å². The number of halogens is 1. The first-order valence-electron chi connectivity index (χ1n) is 4.91. The van der Waals surface area contributed by atoms with Gasteiger partial charge >= 0.3 is 0 Å². The second-order valence-electron chi connectivity index (χ2n) is 3.66. The Bertz CT molecular complexity index is 425. The maximum atomic E-state index is 12.9. The average molecular weight is 239 g/mol. The lowest BCUT2D eigenvalue weighted by Gasteiger charge is -2.04. The molecule has 1 N–H and O–H groups in total. The largest absolute Gasteiger partial charge is 0.349 e. The molecule has 1 amide bonds. The summed E-state index contributed by atoms with van der Waals surface area (Å²) in [6.45, 7) is 4.38. The Morgan fingerprint density at radius 1 is 1.50 bits per heavy atom. The van der Waals surface area contributed by atoms with Crippen LogP contribution in [0, 0.1) is 5.82 Å². The van der Waals surface area contributed by atoms with E-state index in [4.69, 9.17) is 0 Å². The van der Waals surface area contributed by atoms with Gasteiger partial charge in [0, 0.05) is 17.0 Å². The molecular weight excluding hydrogens is 225 g/mol. The number of rotatable bonds is 3. The molecular formula is C12H14FNOS. The number of nitrogens with one attached hydrogen (secondary N) is 1. The molecule has 86 valence electrons. The molecule has 0 saturated heterocycles. The summed E-state index contributed by atoms with van der Waals surface area (Å²) >= 11 is 3.92. The van der Waals surface area contributed by atoms with Crippen LogP contribution in [0.3, 0.4) is 0 Å². The van der Waals surface area contributed by atoms with Crippen molar-refractivity contribution in [2.75, 3.05) is 6.54 Å². The lowest BCUT2D eigenvalue weighted by atomic mass is 10.2. The predicted octanol–water partition coefficient (Wildman–Crippen LogP) is 2.81. The summed E-state index contributed by atoms with van der Waals surface area (Å²) in [5.41, 5.74) is 1.54. The molecule has 1 aromatic rings.